The molecule has 0 amide bonds. The Hall–Kier alpha value is 1.28. The molecule has 7 heteroatoms. The highest BCUT2D eigenvalue weighted by Crippen LogP contribution is 2.18. The van der Waals surface area contributed by atoms with Gasteiger partial charge in [-0.1, -0.05) is 0 Å². The zero-order valence-electron chi connectivity index (χ0n) is 2.94. The first kappa shape index (κ1) is 8.28. The molecule has 0 aromatic carbocycles. The van der Waals surface area contributed by atoms with Crippen LogP contribution in [0.1, 0.15) is 0 Å². The molecule has 0 rings (SSSR count). The second-order valence-electron chi connectivity index (χ2n) is 0.353. The molecule has 0 radical (unpaired) electrons. The van der Waals surface area contributed by atoms with Crippen LogP contribution in [0.25, 0.3) is 0 Å². The van der Waals surface area contributed by atoms with E-state index in [2.05, 4.69) is 36.7 Å². The van der Waals surface area contributed by atoms with Crippen molar-refractivity contribution >= 4 is 50.5 Å². The van der Waals surface area contributed by atoms with Crippen molar-refractivity contribution in [1.82, 2.24) is 0 Å². The summed E-state index contributed by atoms with van der Waals surface area (Å²) in [5.41, 5.74) is 0. The van der Waals surface area contributed by atoms with Gasteiger partial charge in [0.15, 0.2) is 24.6 Å². The first-order valence-corrected chi connectivity index (χ1v) is 3.10. The molecule has 0 saturated heterocycles. The minimum Gasteiger partial charge on any atom is -0.222 e. The van der Waals surface area contributed by atoms with Crippen LogP contribution in [-0.2, 0) is 10.9 Å². The minimum atomic E-state index is 0.686. The molecule has 44 valence electrons. The van der Waals surface area contributed by atoms with Gasteiger partial charge in [-0.15, -0.1) is 0 Å². The molecule has 7 heavy (non-hydrogen) atoms. The van der Waals surface area contributed by atoms with Crippen molar-refractivity contribution in [3.63, 3.8) is 0 Å². The van der Waals surface area contributed by atoms with Crippen LogP contribution in [0.15, 0.2) is 0 Å². The third-order valence-corrected chi connectivity index (χ3v) is 1.05. The monoisotopic (exact) mass is 178 g/mol. The van der Waals surface area contributed by atoms with Crippen molar-refractivity contribution in [2.75, 3.05) is 0 Å². The third kappa shape index (κ3) is 7.28. The molecular formula is H2O3S4. The summed E-state index contributed by atoms with van der Waals surface area (Å²) >= 11 is 8.05. The van der Waals surface area contributed by atoms with Gasteiger partial charge >= 0.3 is 0 Å². The molecule has 0 aliphatic carbocycles. The van der Waals surface area contributed by atoms with Crippen LogP contribution < -0.4 is 0 Å². The lowest BCUT2D eigenvalue weighted by Crippen LogP contribution is -1.59. The quantitative estimate of drug-likeness (QED) is 0.389. The van der Waals surface area contributed by atoms with E-state index in [1.165, 1.54) is 0 Å². The average Bonchev–Trinajstić information content (AvgIpc) is 1.69. The maximum absolute atomic E-state index is 4.37. The maximum Gasteiger partial charge on any atom is 0.186 e. The van der Waals surface area contributed by atoms with E-state index < -0.39 is 0 Å². The summed E-state index contributed by atoms with van der Waals surface area (Å²) in [4.78, 5) is 0. The van der Waals surface area contributed by atoms with Crippen molar-refractivity contribution in [1.29, 1.82) is 0 Å². The van der Waals surface area contributed by atoms with Crippen LogP contribution in [0.3, 0.4) is 0 Å². The maximum atomic E-state index is 4.37. The van der Waals surface area contributed by atoms with E-state index in [-0.39, 0.29) is 0 Å². The summed E-state index contributed by atoms with van der Waals surface area (Å²) in [6, 6.07) is 0. The molecular weight excluding hydrogens is 176 g/mol. The Morgan fingerprint density at radius 3 is 1.71 bits per heavy atom. The van der Waals surface area contributed by atoms with Crippen molar-refractivity contribution in [2.45, 2.75) is 0 Å². The lowest BCUT2D eigenvalue weighted by Gasteiger charge is -1.88. The molecule has 0 atom stereocenters. The first-order chi connectivity index (χ1) is 3.41. The molecule has 0 unspecified atom stereocenters. The molecule has 0 aliphatic heterocycles. The lowest BCUT2D eigenvalue weighted by molar-refractivity contribution is 0.598. The predicted molar refractivity (Wildman–Crippen MR) is 36.4 cm³/mol. The van der Waals surface area contributed by atoms with Crippen molar-refractivity contribution < 1.29 is 10.9 Å². The molecule has 0 aromatic heterocycles. The van der Waals surface area contributed by atoms with Gasteiger partial charge in [0.05, 0.1) is 0 Å². The Bertz CT molecular complexity index is 26.1. The van der Waals surface area contributed by atoms with E-state index in [4.69, 9.17) is 0 Å². The van der Waals surface area contributed by atoms with E-state index in [1.54, 1.807) is 0 Å². The van der Waals surface area contributed by atoms with Crippen molar-refractivity contribution in [2.24, 2.45) is 0 Å². The normalized spacial score (nSPS) is 9.43. The Balaban J connectivity index is 2.45. The Labute approximate surface area is 61.5 Å². The summed E-state index contributed by atoms with van der Waals surface area (Å²) in [5, 5.41) is 0. The van der Waals surface area contributed by atoms with Gasteiger partial charge in [-0.25, -0.2) is 7.26 Å². The van der Waals surface area contributed by atoms with E-state index in [0.717, 1.165) is 0 Å². The molecule has 3 nitrogen and oxygen atoms in total. The van der Waals surface area contributed by atoms with Crippen LogP contribution in [0, 0.1) is 0 Å². The first-order valence-electron chi connectivity index (χ1n) is 1.03. The highest BCUT2D eigenvalue weighted by atomic mass is 32.3. The third-order valence-electron chi connectivity index (χ3n) is 0.116. The standard InChI is InChI=1S/H2O3S4/c4-1-6-3-7-2-5/h4-5H. The Morgan fingerprint density at radius 1 is 1.00 bits per heavy atom. The van der Waals surface area contributed by atoms with Gasteiger partial charge in [-0.2, -0.15) is 3.63 Å². The molecule has 0 aliphatic rings. The second-order valence-corrected chi connectivity index (χ2v) is 2.36. The van der Waals surface area contributed by atoms with Crippen LogP contribution in [0.2, 0.25) is 0 Å². The van der Waals surface area contributed by atoms with Gasteiger partial charge in [-0.05, 0) is 25.8 Å². The van der Waals surface area contributed by atoms with Gasteiger partial charge < -0.3 is 0 Å². The molecule has 0 heterocycles. The number of hydrogen-bond donors (Lipinski definition) is 2. The molecule has 0 N–H and O–H groups in total. The van der Waals surface area contributed by atoms with Crippen LogP contribution in [-0.4, -0.2) is 0 Å². The fraction of sp³-hybridized carbons (Fsp3) is 0. The van der Waals surface area contributed by atoms with Gasteiger partial charge in [-0.3, -0.25) is 0 Å². The zero-order valence-corrected chi connectivity index (χ0v) is 6.36. The van der Waals surface area contributed by atoms with E-state index >= 15 is 0 Å². The smallest absolute Gasteiger partial charge is 0.186 e. The largest absolute Gasteiger partial charge is 0.222 e. The van der Waals surface area contributed by atoms with Crippen LogP contribution in [0.4, 0.5) is 0 Å². The average molecular weight is 178 g/mol. The molecule has 0 bridgehead atoms. The van der Waals surface area contributed by atoms with E-state index in [9.17, 15) is 0 Å². The van der Waals surface area contributed by atoms with Gasteiger partial charge in [0, 0.05) is 0 Å². The Kier molecular flexibility index (Phi) is 8.61. The molecule has 0 fully saturated rings. The Morgan fingerprint density at radius 2 is 1.43 bits per heavy atom. The minimum absolute atomic E-state index is 0.686. The number of rotatable bonds is 4. The summed E-state index contributed by atoms with van der Waals surface area (Å²) in [5.74, 6) is 0. The van der Waals surface area contributed by atoms with Crippen LogP contribution in [0.5, 0.6) is 0 Å². The van der Waals surface area contributed by atoms with Gasteiger partial charge in [0.25, 0.3) is 0 Å². The summed E-state index contributed by atoms with van der Waals surface area (Å²) in [6.45, 7) is 0. The highest BCUT2D eigenvalue weighted by Gasteiger charge is 1.84. The summed E-state index contributed by atoms with van der Waals surface area (Å²) < 4.78 is 12.6. The number of hydrogen-bond acceptors (Lipinski definition) is 7. The van der Waals surface area contributed by atoms with Gasteiger partial charge in [0.2, 0.25) is 0 Å². The highest BCUT2D eigenvalue weighted by molar-refractivity contribution is 8.08. The summed E-state index contributed by atoms with van der Waals surface area (Å²) in [7, 11) is 0. The number of thiol groups is 2. The predicted octanol–water partition coefficient (Wildman–Crippen LogP) is 1.85. The van der Waals surface area contributed by atoms with Gasteiger partial charge in [0.1, 0.15) is 0 Å². The fourth-order valence-corrected chi connectivity index (χ4v) is 0.773. The topological polar surface area (TPSA) is 27.7 Å². The van der Waals surface area contributed by atoms with E-state index in [1.807, 2.05) is 0 Å². The zero-order chi connectivity index (χ0) is 5.54. The second kappa shape index (κ2) is 7.28. The molecule has 0 spiro atoms. The van der Waals surface area contributed by atoms with Crippen molar-refractivity contribution in [3.05, 3.63) is 0 Å². The lowest BCUT2D eigenvalue weighted by atomic mass is 15.8. The fourth-order valence-electron chi connectivity index (χ4n) is 0.0362. The molecule has 0 aromatic rings. The van der Waals surface area contributed by atoms with Crippen molar-refractivity contribution in [3.8, 4) is 0 Å². The van der Waals surface area contributed by atoms with E-state index in [0.29, 0.717) is 24.6 Å². The molecule has 0 saturated carbocycles. The summed E-state index contributed by atoms with van der Waals surface area (Å²) in [6.07, 6.45) is 0. The van der Waals surface area contributed by atoms with Crippen LogP contribution >= 0.6 is 50.5 Å². The SMILES string of the molecule is SOSOSOS.